The van der Waals surface area contributed by atoms with Gasteiger partial charge in [-0.2, -0.15) is 8.42 Å². The second-order valence-electron chi connectivity index (χ2n) is 4.13. The Morgan fingerprint density at radius 3 is 2.44 bits per heavy atom. The van der Waals surface area contributed by atoms with Gasteiger partial charge in [-0.15, -0.1) is 0 Å². The molecule has 0 spiro atoms. The summed E-state index contributed by atoms with van der Waals surface area (Å²) in [6, 6.07) is 8.82. The summed E-state index contributed by atoms with van der Waals surface area (Å²) >= 11 is 0. The summed E-state index contributed by atoms with van der Waals surface area (Å²) in [5.41, 5.74) is 0. The van der Waals surface area contributed by atoms with Gasteiger partial charge in [-0.3, -0.25) is 4.90 Å². The predicted octanol–water partition coefficient (Wildman–Crippen LogP) is 1.45. The van der Waals surface area contributed by atoms with Crippen molar-refractivity contribution >= 4 is 10.1 Å². The standard InChI is InChI=1S/C11H15NO3S/c1-9(2)12-8-11(12)16(13,14)15-10-6-4-3-5-7-10/h3-7,9,11H,8H2,1-2H3. The molecule has 2 unspecified atom stereocenters. The molecule has 0 aliphatic carbocycles. The second-order valence-corrected chi connectivity index (χ2v) is 5.83. The van der Waals surface area contributed by atoms with Crippen LogP contribution in [0.3, 0.4) is 0 Å². The van der Waals surface area contributed by atoms with Crippen LogP contribution in [0, 0.1) is 0 Å². The van der Waals surface area contributed by atoms with Gasteiger partial charge in [-0.25, -0.2) is 0 Å². The first-order chi connectivity index (χ1) is 7.50. The van der Waals surface area contributed by atoms with Crippen molar-refractivity contribution in [2.75, 3.05) is 6.54 Å². The quantitative estimate of drug-likeness (QED) is 0.591. The number of hydrogen-bond acceptors (Lipinski definition) is 4. The van der Waals surface area contributed by atoms with Gasteiger partial charge in [0, 0.05) is 12.6 Å². The van der Waals surface area contributed by atoms with Crippen molar-refractivity contribution in [1.82, 2.24) is 4.90 Å². The Morgan fingerprint density at radius 2 is 1.94 bits per heavy atom. The van der Waals surface area contributed by atoms with Gasteiger partial charge in [0.1, 0.15) is 5.75 Å². The van der Waals surface area contributed by atoms with E-state index in [-0.39, 0.29) is 6.04 Å². The zero-order valence-electron chi connectivity index (χ0n) is 9.33. The average molecular weight is 241 g/mol. The van der Waals surface area contributed by atoms with E-state index in [9.17, 15) is 8.42 Å². The lowest BCUT2D eigenvalue weighted by Gasteiger charge is -2.09. The third-order valence-electron chi connectivity index (χ3n) is 2.56. The molecule has 2 atom stereocenters. The maximum Gasteiger partial charge on any atom is 0.326 e. The Kier molecular flexibility index (Phi) is 2.90. The molecule has 0 amide bonds. The summed E-state index contributed by atoms with van der Waals surface area (Å²) in [6.07, 6.45) is 0. The van der Waals surface area contributed by atoms with Crippen LogP contribution in [-0.2, 0) is 10.1 Å². The molecule has 0 N–H and O–H groups in total. The van der Waals surface area contributed by atoms with Gasteiger partial charge in [-0.1, -0.05) is 18.2 Å². The smallest absolute Gasteiger partial charge is 0.326 e. The topological polar surface area (TPSA) is 46.4 Å². The van der Waals surface area contributed by atoms with Crippen molar-refractivity contribution in [3.63, 3.8) is 0 Å². The summed E-state index contributed by atoms with van der Waals surface area (Å²) in [7, 11) is -3.51. The fraction of sp³-hybridized carbons (Fsp3) is 0.455. The summed E-state index contributed by atoms with van der Waals surface area (Å²) in [6.45, 7) is 4.50. The maximum atomic E-state index is 11.8. The molecule has 1 fully saturated rings. The average Bonchev–Trinajstić information content (AvgIpc) is 2.98. The molecule has 5 heteroatoms. The molecular weight excluding hydrogens is 226 g/mol. The highest BCUT2D eigenvalue weighted by molar-refractivity contribution is 7.88. The summed E-state index contributed by atoms with van der Waals surface area (Å²) < 4.78 is 28.7. The SMILES string of the molecule is CC(C)N1CC1S(=O)(=O)Oc1ccccc1. The molecule has 1 aliphatic heterocycles. The zero-order chi connectivity index (χ0) is 11.8. The van der Waals surface area contributed by atoms with Gasteiger partial charge in [0.25, 0.3) is 0 Å². The molecule has 0 saturated carbocycles. The highest BCUT2D eigenvalue weighted by atomic mass is 32.2. The summed E-state index contributed by atoms with van der Waals surface area (Å²) in [5.74, 6) is 0.373. The van der Waals surface area contributed by atoms with Gasteiger partial charge in [0.05, 0.1) is 0 Å². The van der Waals surface area contributed by atoms with Crippen molar-refractivity contribution in [3.05, 3.63) is 30.3 Å². The van der Waals surface area contributed by atoms with Crippen LogP contribution in [0.4, 0.5) is 0 Å². The largest absolute Gasteiger partial charge is 0.381 e. The van der Waals surface area contributed by atoms with E-state index in [0.717, 1.165) is 0 Å². The summed E-state index contributed by atoms with van der Waals surface area (Å²) in [4.78, 5) is 1.87. The molecule has 0 aromatic heterocycles. The third-order valence-corrected chi connectivity index (χ3v) is 4.07. The molecule has 88 valence electrons. The van der Waals surface area contributed by atoms with Crippen LogP contribution < -0.4 is 4.18 Å². The molecule has 0 radical (unpaired) electrons. The van der Waals surface area contributed by atoms with Gasteiger partial charge in [0.2, 0.25) is 0 Å². The first kappa shape index (κ1) is 11.4. The first-order valence-corrected chi connectivity index (χ1v) is 6.72. The lowest BCUT2D eigenvalue weighted by atomic mass is 10.3. The van der Waals surface area contributed by atoms with Crippen LogP contribution in [-0.4, -0.2) is 31.3 Å². The number of hydrogen-bond donors (Lipinski definition) is 0. The predicted molar refractivity (Wildman–Crippen MR) is 61.6 cm³/mol. The zero-order valence-corrected chi connectivity index (χ0v) is 10.1. The molecular formula is C11H15NO3S. The minimum Gasteiger partial charge on any atom is -0.381 e. The van der Waals surface area contributed by atoms with Gasteiger partial charge in [0.15, 0.2) is 5.37 Å². The molecule has 1 aromatic carbocycles. The van der Waals surface area contributed by atoms with Crippen LogP contribution >= 0.6 is 0 Å². The normalized spacial score (nSPS) is 24.4. The van der Waals surface area contributed by atoms with Crippen molar-refractivity contribution in [3.8, 4) is 5.75 Å². The van der Waals surface area contributed by atoms with E-state index in [0.29, 0.717) is 12.3 Å². The summed E-state index contributed by atoms with van der Waals surface area (Å²) in [5, 5.41) is -0.479. The first-order valence-electron chi connectivity index (χ1n) is 5.25. The van der Waals surface area contributed by atoms with Crippen LogP contribution in [0.15, 0.2) is 30.3 Å². The number of rotatable bonds is 4. The molecule has 1 aliphatic rings. The Balaban J connectivity index is 2.06. The molecule has 2 rings (SSSR count). The van der Waals surface area contributed by atoms with Crippen LogP contribution in [0.5, 0.6) is 5.75 Å². The Morgan fingerprint density at radius 1 is 1.31 bits per heavy atom. The van der Waals surface area contributed by atoms with E-state index < -0.39 is 15.5 Å². The van der Waals surface area contributed by atoms with Crippen LogP contribution in [0.1, 0.15) is 13.8 Å². The number of benzene rings is 1. The highest BCUT2D eigenvalue weighted by Crippen LogP contribution is 2.28. The number of para-hydroxylation sites is 1. The van der Waals surface area contributed by atoms with E-state index in [1.807, 2.05) is 24.8 Å². The Hall–Kier alpha value is -1.07. The lowest BCUT2D eigenvalue weighted by Crippen LogP contribution is -2.22. The molecule has 1 aromatic rings. The molecule has 16 heavy (non-hydrogen) atoms. The van der Waals surface area contributed by atoms with Gasteiger partial charge < -0.3 is 4.18 Å². The van der Waals surface area contributed by atoms with Crippen molar-refractivity contribution in [2.24, 2.45) is 0 Å². The molecule has 1 heterocycles. The Bertz CT molecular complexity index is 455. The Labute approximate surface area is 96.0 Å². The fourth-order valence-electron chi connectivity index (χ4n) is 1.60. The minimum atomic E-state index is -3.51. The monoisotopic (exact) mass is 241 g/mol. The molecule has 0 bridgehead atoms. The van der Waals surface area contributed by atoms with Crippen LogP contribution in [0.2, 0.25) is 0 Å². The van der Waals surface area contributed by atoms with Crippen LogP contribution in [0.25, 0.3) is 0 Å². The van der Waals surface area contributed by atoms with E-state index >= 15 is 0 Å². The van der Waals surface area contributed by atoms with Crippen molar-refractivity contribution < 1.29 is 12.6 Å². The molecule has 4 nitrogen and oxygen atoms in total. The van der Waals surface area contributed by atoms with Gasteiger partial charge in [-0.05, 0) is 26.0 Å². The molecule has 1 saturated heterocycles. The number of nitrogens with zero attached hydrogens (tertiary/aromatic N) is 1. The van der Waals surface area contributed by atoms with Crippen molar-refractivity contribution in [1.29, 1.82) is 0 Å². The van der Waals surface area contributed by atoms with Gasteiger partial charge >= 0.3 is 10.1 Å². The van der Waals surface area contributed by atoms with E-state index in [2.05, 4.69) is 0 Å². The minimum absolute atomic E-state index is 0.235. The third kappa shape index (κ3) is 2.36. The maximum absolute atomic E-state index is 11.8. The second kappa shape index (κ2) is 4.07. The van der Waals surface area contributed by atoms with Crippen molar-refractivity contribution in [2.45, 2.75) is 25.3 Å². The fourth-order valence-corrected chi connectivity index (χ4v) is 3.02. The van der Waals surface area contributed by atoms with E-state index in [1.165, 1.54) is 0 Å². The van der Waals surface area contributed by atoms with E-state index in [4.69, 9.17) is 4.18 Å². The van der Waals surface area contributed by atoms with E-state index in [1.54, 1.807) is 24.3 Å². The lowest BCUT2D eigenvalue weighted by molar-refractivity contribution is 0.422. The highest BCUT2D eigenvalue weighted by Gasteiger charge is 2.48.